The molecule has 0 amide bonds. The van der Waals surface area contributed by atoms with Crippen LogP contribution in [0.1, 0.15) is 44.6 Å². The summed E-state index contributed by atoms with van der Waals surface area (Å²) in [6.07, 6.45) is 13.0. The quantitative estimate of drug-likeness (QED) is 0.430. The van der Waals surface area contributed by atoms with E-state index in [0.29, 0.717) is 0 Å². The molecule has 1 aromatic carbocycles. The van der Waals surface area contributed by atoms with Crippen LogP contribution in [0, 0.1) is 0 Å². The van der Waals surface area contributed by atoms with Crippen LogP contribution in [-0.2, 0) is 0 Å². The van der Waals surface area contributed by atoms with Crippen LogP contribution in [0.2, 0.25) is 0 Å². The molecule has 0 saturated carbocycles. The Morgan fingerprint density at radius 3 is 2.59 bits per heavy atom. The standard InChI is InChI=1S/C16H21Br/c1-2-3-4-5-6-10-13-16(17)14-15-11-8-7-9-12-15/h7-14H,2-6H2,1H3/b13-10+,16-14-. The molecule has 0 atom stereocenters. The van der Waals surface area contributed by atoms with Gasteiger partial charge in [-0.3, -0.25) is 0 Å². The molecule has 0 heterocycles. The Kier molecular flexibility index (Phi) is 7.74. The summed E-state index contributed by atoms with van der Waals surface area (Å²) in [7, 11) is 0. The highest BCUT2D eigenvalue weighted by Gasteiger charge is 1.88. The van der Waals surface area contributed by atoms with Crippen molar-refractivity contribution in [1.82, 2.24) is 0 Å². The summed E-state index contributed by atoms with van der Waals surface area (Å²) in [5, 5.41) is 0. The Bertz CT molecular complexity index is 349. The summed E-state index contributed by atoms with van der Waals surface area (Å²) in [5.41, 5.74) is 1.23. The fourth-order valence-corrected chi connectivity index (χ4v) is 2.09. The number of hydrogen-bond acceptors (Lipinski definition) is 0. The molecular formula is C16H21Br. The van der Waals surface area contributed by atoms with E-state index in [4.69, 9.17) is 0 Å². The van der Waals surface area contributed by atoms with E-state index in [0.717, 1.165) is 4.48 Å². The van der Waals surface area contributed by atoms with Crippen molar-refractivity contribution in [3.8, 4) is 0 Å². The number of allylic oxidation sites excluding steroid dienone is 3. The summed E-state index contributed by atoms with van der Waals surface area (Å²) >= 11 is 3.57. The predicted molar refractivity (Wildman–Crippen MR) is 81.2 cm³/mol. The molecule has 0 spiro atoms. The molecule has 1 rings (SSSR count). The van der Waals surface area contributed by atoms with Gasteiger partial charge in [-0.1, -0.05) is 84.6 Å². The van der Waals surface area contributed by atoms with E-state index in [-0.39, 0.29) is 0 Å². The smallest absolute Gasteiger partial charge is 0.0178 e. The normalized spacial score (nSPS) is 12.2. The van der Waals surface area contributed by atoms with Gasteiger partial charge in [0.2, 0.25) is 0 Å². The average Bonchev–Trinajstić information content (AvgIpc) is 2.35. The van der Waals surface area contributed by atoms with Gasteiger partial charge in [0.1, 0.15) is 0 Å². The summed E-state index contributed by atoms with van der Waals surface area (Å²) in [6.45, 7) is 2.25. The Hall–Kier alpha value is -0.820. The molecule has 0 N–H and O–H groups in total. The van der Waals surface area contributed by atoms with Gasteiger partial charge in [-0.15, -0.1) is 0 Å². The maximum atomic E-state index is 3.57. The number of hydrogen-bond donors (Lipinski definition) is 0. The third-order valence-corrected chi connectivity index (χ3v) is 3.10. The van der Waals surface area contributed by atoms with Gasteiger partial charge in [-0.2, -0.15) is 0 Å². The lowest BCUT2D eigenvalue weighted by atomic mass is 10.1. The third-order valence-electron chi connectivity index (χ3n) is 2.61. The zero-order chi connectivity index (χ0) is 12.3. The molecule has 1 heteroatoms. The Morgan fingerprint density at radius 1 is 1.12 bits per heavy atom. The van der Waals surface area contributed by atoms with Crippen molar-refractivity contribution in [2.45, 2.75) is 39.0 Å². The second-order valence-corrected chi connectivity index (χ2v) is 5.11. The van der Waals surface area contributed by atoms with Gasteiger partial charge < -0.3 is 0 Å². The lowest BCUT2D eigenvalue weighted by Gasteiger charge is -1.95. The predicted octanol–water partition coefficient (Wildman–Crippen LogP) is 5.95. The molecule has 0 radical (unpaired) electrons. The Balaban J connectivity index is 2.31. The summed E-state index contributed by atoms with van der Waals surface area (Å²) in [6, 6.07) is 10.4. The number of unbranched alkanes of at least 4 members (excludes halogenated alkanes) is 4. The lowest BCUT2D eigenvalue weighted by molar-refractivity contribution is 0.674. The van der Waals surface area contributed by atoms with E-state index in [1.54, 1.807) is 0 Å². The highest BCUT2D eigenvalue weighted by Crippen LogP contribution is 2.14. The fraction of sp³-hybridized carbons (Fsp3) is 0.375. The van der Waals surface area contributed by atoms with Crippen molar-refractivity contribution in [1.29, 1.82) is 0 Å². The third kappa shape index (κ3) is 7.17. The van der Waals surface area contributed by atoms with Gasteiger partial charge in [-0.05, 0) is 24.5 Å². The van der Waals surface area contributed by atoms with Crippen molar-refractivity contribution >= 4 is 22.0 Å². The molecule has 0 aliphatic rings. The SMILES string of the molecule is CCCCCC/C=C/C(Br)=C/c1ccccc1. The van der Waals surface area contributed by atoms with Crippen LogP contribution in [0.5, 0.6) is 0 Å². The molecule has 0 unspecified atom stereocenters. The minimum absolute atomic E-state index is 1.14. The van der Waals surface area contributed by atoms with E-state index in [1.165, 1.54) is 37.7 Å². The first kappa shape index (κ1) is 14.2. The summed E-state index contributed by atoms with van der Waals surface area (Å²) < 4.78 is 1.14. The van der Waals surface area contributed by atoms with E-state index in [9.17, 15) is 0 Å². The molecular weight excluding hydrogens is 272 g/mol. The van der Waals surface area contributed by atoms with E-state index in [2.05, 4.69) is 65.3 Å². The van der Waals surface area contributed by atoms with Gasteiger partial charge in [0.25, 0.3) is 0 Å². The van der Waals surface area contributed by atoms with Crippen LogP contribution in [0.4, 0.5) is 0 Å². The van der Waals surface area contributed by atoms with Gasteiger partial charge in [-0.25, -0.2) is 0 Å². The molecule has 0 aromatic heterocycles. The molecule has 0 aliphatic heterocycles. The van der Waals surface area contributed by atoms with Gasteiger partial charge in [0.05, 0.1) is 0 Å². The molecule has 0 aliphatic carbocycles. The second kappa shape index (κ2) is 9.23. The van der Waals surface area contributed by atoms with Crippen molar-refractivity contribution < 1.29 is 0 Å². The lowest BCUT2D eigenvalue weighted by Crippen LogP contribution is -1.74. The molecule has 1 aromatic rings. The first-order valence-corrected chi connectivity index (χ1v) is 7.21. The molecule has 0 bridgehead atoms. The maximum Gasteiger partial charge on any atom is 0.0178 e. The van der Waals surface area contributed by atoms with Crippen LogP contribution in [-0.4, -0.2) is 0 Å². The molecule has 92 valence electrons. The number of halogens is 1. The van der Waals surface area contributed by atoms with E-state index in [1.807, 2.05) is 6.07 Å². The van der Waals surface area contributed by atoms with Gasteiger partial charge in [0, 0.05) is 4.48 Å². The maximum absolute atomic E-state index is 3.57. The van der Waals surface area contributed by atoms with Crippen molar-refractivity contribution in [3.63, 3.8) is 0 Å². The van der Waals surface area contributed by atoms with Crippen molar-refractivity contribution in [2.75, 3.05) is 0 Å². The molecule has 0 fully saturated rings. The summed E-state index contributed by atoms with van der Waals surface area (Å²) in [4.78, 5) is 0. The number of benzene rings is 1. The van der Waals surface area contributed by atoms with Crippen LogP contribution in [0.3, 0.4) is 0 Å². The minimum atomic E-state index is 1.14. The van der Waals surface area contributed by atoms with Crippen LogP contribution in [0.15, 0.2) is 47.0 Å². The Morgan fingerprint density at radius 2 is 1.88 bits per heavy atom. The second-order valence-electron chi connectivity index (χ2n) is 4.19. The first-order chi connectivity index (χ1) is 8.33. The zero-order valence-corrected chi connectivity index (χ0v) is 12.1. The van der Waals surface area contributed by atoms with E-state index < -0.39 is 0 Å². The number of rotatable bonds is 7. The molecule has 17 heavy (non-hydrogen) atoms. The van der Waals surface area contributed by atoms with Crippen LogP contribution < -0.4 is 0 Å². The largest absolute Gasteiger partial charge is 0.0834 e. The van der Waals surface area contributed by atoms with Gasteiger partial charge in [0.15, 0.2) is 0 Å². The van der Waals surface area contributed by atoms with Crippen LogP contribution in [0.25, 0.3) is 6.08 Å². The summed E-state index contributed by atoms with van der Waals surface area (Å²) in [5.74, 6) is 0. The topological polar surface area (TPSA) is 0 Å². The average molecular weight is 293 g/mol. The Labute approximate surface area is 114 Å². The highest BCUT2D eigenvalue weighted by atomic mass is 79.9. The van der Waals surface area contributed by atoms with Crippen molar-refractivity contribution in [3.05, 3.63) is 52.5 Å². The van der Waals surface area contributed by atoms with Crippen LogP contribution >= 0.6 is 15.9 Å². The fourth-order valence-electron chi connectivity index (χ4n) is 1.64. The van der Waals surface area contributed by atoms with E-state index >= 15 is 0 Å². The zero-order valence-electron chi connectivity index (χ0n) is 10.5. The highest BCUT2D eigenvalue weighted by molar-refractivity contribution is 9.12. The molecule has 0 nitrogen and oxygen atoms in total. The molecule has 0 saturated heterocycles. The van der Waals surface area contributed by atoms with Gasteiger partial charge >= 0.3 is 0 Å². The van der Waals surface area contributed by atoms with Crippen molar-refractivity contribution in [2.24, 2.45) is 0 Å². The monoisotopic (exact) mass is 292 g/mol. The minimum Gasteiger partial charge on any atom is -0.0834 e. The first-order valence-electron chi connectivity index (χ1n) is 6.41.